The number of carbonyl (C=O) groups is 1. The van der Waals surface area contributed by atoms with Crippen molar-refractivity contribution in [2.24, 2.45) is 4.99 Å². The molecule has 1 N–H and O–H groups in total. The van der Waals surface area contributed by atoms with E-state index in [4.69, 9.17) is 4.99 Å². The number of guanidine groups is 1. The molecule has 2 aromatic carbocycles. The van der Waals surface area contributed by atoms with E-state index in [1.165, 1.54) is 21.6 Å². The summed E-state index contributed by atoms with van der Waals surface area (Å²) >= 11 is 1.76. The summed E-state index contributed by atoms with van der Waals surface area (Å²) in [5, 5.41) is 3.39. The van der Waals surface area contributed by atoms with E-state index < -0.39 is 0 Å². The van der Waals surface area contributed by atoms with E-state index in [2.05, 4.69) is 79.0 Å². The summed E-state index contributed by atoms with van der Waals surface area (Å²) in [5.41, 5.74) is 3.61. The van der Waals surface area contributed by atoms with Crippen LogP contribution in [0.1, 0.15) is 36.5 Å². The lowest BCUT2D eigenvalue weighted by Gasteiger charge is -2.22. The number of carbonyl (C=O) groups excluding carboxylic acids is 1. The Morgan fingerprint density at radius 2 is 1.74 bits per heavy atom. The number of likely N-dealkylation sites (tertiary alicyclic amines) is 1. The van der Waals surface area contributed by atoms with Gasteiger partial charge in [0.15, 0.2) is 5.96 Å². The summed E-state index contributed by atoms with van der Waals surface area (Å²) < 4.78 is 0. The summed E-state index contributed by atoms with van der Waals surface area (Å²) in [6.45, 7) is 5.94. The highest BCUT2D eigenvalue weighted by Crippen LogP contribution is 2.16. The maximum atomic E-state index is 11.8. The first kappa shape index (κ1) is 25.5. The predicted octanol–water partition coefficient (Wildman–Crippen LogP) is 4.75. The molecule has 0 aromatic heterocycles. The lowest BCUT2D eigenvalue weighted by atomic mass is 10.1. The summed E-state index contributed by atoms with van der Waals surface area (Å²) in [6, 6.07) is 17.1. The summed E-state index contributed by atoms with van der Waals surface area (Å²) in [6.07, 6.45) is 3.76. The Labute approximate surface area is 207 Å². The van der Waals surface area contributed by atoms with Gasteiger partial charge in [-0.05, 0) is 48.4 Å². The standard InChI is InChI=1S/C24H32N4OS.HI/c1-4-25-24(27(2)17-20-11-13-22(30-3)14-12-20)26-16-19-7-9-21(10-8-19)18-28-15-5-6-23(28)29;/h7-14H,4-6,15-18H2,1-3H3,(H,25,26);1H. The Morgan fingerprint density at radius 1 is 1.10 bits per heavy atom. The third-order valence-corrected chi connectivity index (χ3v) is 6.00. The highest BCUT2D eigenvalue weighted by atomic mass is 127. The van der Waals surface area contributed by atoms with Gasteiger partial charge in [-0.25, -0.2) is 4.99 Å². The first-order valence-corrected chi connectivity index (χ1v) is 11.8. The first-order chi connectivity index (χ1) is 14.6. The number of nitrogens with zero attached hydrogens (tertiary/aromatic N) is 3. The van der Waals surface area contributed by atoms with Crippen LogP contribution >= 0.6 is 35.7 Å². The molecule has 0 bridgehead atoms. The van der Waals surface area contributed by atoms with Gasteiger partial charge in [-0.1, -0.05) is 36.4 Å². The van der Waals surface area contributed by atoms with Crippen LogP contribution in [0.5, 0.6) is 0 Å². The zero-order chi connectivity index (χ0) is 21.3. The highest BCUT2D eigenvalue weighted by molar-refractivity contribution is 14.0. The number of hydrogen-bond donors (Lipinski definition) is 1. The summed E-state index contributed by atoms with van der Waals surface area (Å²) in [7, 11) is 2.07. The molecule has 1 heterocycles. The number of amides is 1. The fraction of sp³-hybridized carbons (Fsp3) is 0.417. The molecule has 1 fully saturated rings. The molecule has 0 radical (unpaired) electrons. The van der Waals surface area contributed by atoms with E-state index in [0.29, 0.717) is 19.5 Å². The van der Waals surface area contributed by atoms with Crippen LogP contribution in [0, 0.1) is 0 Å². The molecule has 1 aliphatic rings. The van der Waals surface area contributed by atoms with Gasteiger partial charge in [0.2, 0.25) is 5.91 Å². The zero-order valence-corrected chi connectivity index (χ0v) is 21.8. The second-order valence-corrected chi connectivity index (χ2v) is 8.49. The molecule has 5 nitrogen and oxygen atoms in total. The molecule has 0 unspecified atom stereocenters. The largest absolute Gasteiger partial charge is 0.357 e. The van der Waals surface area contributed by atoms with Crippen LogP contribution in [-0.4, -0.2) is 48.1 Å². The van der Waals surface area contributed by atoms with Gasteiger partial charge in [0.25, 0.3) is 0 Å². The normalized spacial score (nSPS) is 13.8. The molecule has 1 aliphatic heterocycles. The Hall–Kier alpha value is -1.74. The second-order valence-electron chi connectivity index (χ2n) is 7.61. The number of nitrogens with one attached hydrogen (secondary N) is 1. The number of thioether (sulfide) groups is 1. The fourth-order valence-electron chi connectivity index (χ4n) is 3.56. The lowest BCUT2D eigenvalue weighted by Crippen LogP contribution is -2.38. The van der Waals surface area contributed by atoms with Crippen molar-refractivity contribution in [1.82, 2.24) is 15.1 Å². The molecule has 1 amide bonds. The number of halogens is 1. The van der Waals surface area contributed by atoms with Crippen LogP contribution in [0.4, 0.5) is 0 Å². The number of aliphatic imine (C=N–C) groups is 1. The average Bonchev–Trinajstić information content (AvgIpc) is 3.17. The van der Waals surface area contributed by atoms with Crippen molar-refractivity contribution < 1.29 is 4.79 Å². The van der Waals surface area contributed by atoms with E-state index in [1.54, 1.807) is 11.8 Å². The molecular formula is C24H33IN4OS. The van der Waals surface area contributed by atoms with Crippen LogP contribution in [0.2, 0.25) is 0 Å². The molecule has 0 aliphatic carbocycles. The van der Waals surface area contributed by atoms with E-state index in [1.807, 2.05) is 4.90 Å². The molecule has 0 spiro atoms. The smallest absolute Gasteiger partial charge is 0.222 e. The predicted molar refractivity (Wildman–Crippen MR) is 141 cm³/mol. The van der Waals surface area contributed by atoms with Gasteiger partial charge in [-0.2, -0.15) is 0 Å². The van der Waals surface area contributed by atoms with Crippen molar-refractivity contribution in [3.05, 3.63) is 65.2 Å². The average molecular weight is 553 g/mol. The lowest BCUT2D eigenvalue weighted by molar-refractivity contribution is -0.128. The summed E-state index contributed by atoms with van der Waals surface area (Å²) in [5.74, 6) is 1.17. The third-order valence-electron chi connectivity index (χ3n) is 5.25. The number of benzene rings is 2. The highest BCUT2D eigenvalue weighted by Gasteiger charge is 2.19. The van der Waals surface area contributed by atoms with Gasteiger partial charge in [-0.3, -0.25) is 4.79 Å². The van der Waals surface area contributed by atoms with Crippen LogP contribution in [0.25, 0.3) is 0 Å². The van der Waals surface area contributed by atoms with Crippen molar-refractivity contribution in [3.8, 4) is 0 Å². The van der Waals surface area contributed by atoms with Crippen molar-refractivity contribution >= 4 is 47.6 Å². The molecule has 0 saturated carbocycles. The second kappa shape index (κ2) is 13.0. The molecule has 1 saturated heterocycles. The minimum absolute atomic E-state index is 0. The Balaban J connectivity index is 0.00000341. The zero-order valence-electron chi connectivity index (χ0n) is 18.6. The van der Waals surface area contributed by atoms with Crippen LogP contribution in [0.15, 0.2) is 58.4 Å². The van der Waals surface area contributed by atoms with Gasteiger partial charge in [0.1, 0.15) is 0 Å². The maximum Gasteiger partial charge on any atom is 0.222 e. The van der Waals surface area contributed by atoms with Gasteiger partial charge in [-0.15, -0.1) is 35.7 Å². The Kier molecular flexibility index (Phi) is 10.7. The SMILES string of the molecule is CCNC(=NCc1ccc(CN2CCCC2=O)cc1)N(C)Cc1ccc(SC)cc1.I. The number of hydrogen-bond acceptors (Lipinski definition) is 3. The Morgan fingerprint density at radius 3 is 2.32 bits per heavy atom. The van der Waals surface area contributed by atoms with Crippen molar-refractivity contribution in [2.45, 2.75) is 44.3 Å². The molecule has 7 heteroatoms. The van der Waals surface area contributed by atoms with E-state index in [0.717, 1.165) is 32.0 Å². The van der Waals surface area contributed by atoms with E-state index >= 15 is 0 Å². The van der Waals surface area contributed by atoms with Crippen molar-refractivity contribution in [1.29, 1.82) is 0 Å². The first-order valence-electron chi connectivity index (χ1n) is 10.6. The molecular weight excluding hydrogens is 519 g/mol. The monoisotopic (exact) mass is 552 g/mol. The topological polar surface area (TPSA) is 47.9 Å². The quantitative estimate of drug-likeness (QED) is 0.222. The minimum atomic E-state index is 0. The van der Waals surface area contributed by atoms with Crippen LogP contribution in [-0.2, 0) is 24.4 Å². The van der Waals surface area contributed by atoms with E-state index in [9.17, 15) is 4.79 Å². The number of rotatable bonds is 8. The molecule has 3 rings (SSSR count). The van der Waals surface area contributed by atoms with Crippen LogP contribution in [0.3, 0.4) is 0 Å². The van der Waals surface area contributed by atoms with Gasteiger partial charge >= 0.3 is 0 Å². The third kappa shape index (κ3) is 7.71. The van der Waals surface area contributed by atoms with Gasteiger partial charge in [0, 0.05) is 44.5 Å². The Bertz CT molecular complexity index is 855. The molecule has 168 valence electrons. The molecule has 31 heavy (non-hydrogen) atoms. The van der Waals surface area contributed by atoms with Gasteiger partial charge < -0.3 is 15.1 Å². The molecule has 2 aromatic rings. The molecule has 0 atom stereocenters. The van der Waals surface area contributed by atoms with Crippen LogP contribution < -0.4 is 5.32 Å². The van der Waals surface area contributed by atoms with Gasteiger partial charge in [0.05, 0.1) is 6.54 Å². The van der Waals surface area contributed by atoms with E-state index in [-0.39, 0.29) is 29.9 Å². The van der Waals surface area contributed by atoms with Crippen molar-refractivity contribution in [2.75, 3.05) is 26.4 Å². The maximum absolute atomic E-state index is 11.8. The fourth-order valence-corrected chi connectivity index (χ4v) is 3.97. The minimum Gasteiger partial charge on any atom is -0.357 e. The van der Waals surface area contributed by atoms with Crippen molar-refractivity contribution in [3.63, 3.8) is 0 Å². The summed E-state index contributed by atoms with van der Waals surface area (Å²) in [4.78, 5) is 22.0.